The second kappa shape index (κ2) is 10.6. The number of ether oxygens (including phenoxy) is 1. The van der Waals surface area contributed by atoms with Crippen LogP contribution in [0.4, 0.5) is 11.4 Å². The third kappa shape index (κ3) is 5.29. The molecule has 5 rings (SSSR count). The van der Waals surface area contributed by atoms with E-state index < -0.39 is 10.0 Å². The van der Waals surface area contributed by atoms with E-state index in [0.29, 0.717) is 16.5 Å². The van der Waals surface area contributed by atoms with Gasteiger partial charge in [0.05, 0.1) is 36.8 Å². The number of hydrogen-bond donors (Lipinski definition) is 2. The van der Waals surface area contributed by atoms with E-state index in [9.17, 15) is 8.42 Å². The lowest BCUT2D eigenvalue weighted by molar-refractivity contribution is 0.417. The average molecular weight is 576 g/mol. The quantitative estimate of drug-likeness (QED) is 0.275. The molecule has 2 N–H and O–H groups in total. The van der Waals surface area contributed by atoms with Crippen LogP contribution in [0.25, 0.3) is 5.69 Å². The summed E-state index contributed by atoms with van der Waals surface area (Å²) in [6, 6.07) is 19.5. The van der Waals surface area contributed by atoms with Gasteiger partial charge in [0.15, 0.2) is 5.11 Å². The Balaban J connectivity index is 1.69. The minimum Gasteiger partial charge on any atom is -0.495 e. The summed E-state index contributed by atoms with van der Waals surface area (Å²) >= 11 is 5.91. The van der Waals surface area contributed by atoms with Gasteiger partial charge in [-0.1, -0.05) is 12.1 Å². The summed E-state index contributed by atoms with van der Waals surface area (Å²) in [4.78, 5) is 6.70. The minimum atomic E-state index is -3.54. The summed E-state index contributed by atoms with van der Waals surface area (Å²) in [5.74, 6) is 0.415. The first kappa shape index (κ1) is 27.7. The van der Waals surface area contributed by atoms with Crippen molar-refractivity contribution in [3.05, 3.63) is 101 Å². The van der Waals surface area contributed by atoms with Gasteiger partial charge in [0.25, 0.3) is 0 Å². The molecular formula is C30H33N5O3S2. The standard InChI is InChI=1S/C30H33N5O3S2/c1-18-13-19(2)15-23(14-18)34-20(3)16-24(21(34)4)29-28(25-9-7-8-12-31-25)32-30(39)35(29)22-10-11-27(38-5)26(17-22)33-40(6,36)37/h7-17,28-29,33H,1-6H3,(H,32,39)/t28-,29+/m0/s1. The van der Waals surface area contributed by atoms with Crippen molar-refractivity contribution in [2.45, 2.75) is 39.8 Å². The molecule has 0 saturated carbocycles. The van der Waals surface area contributed by atoms with Gasteiger partial charge >= 0.3 is 0 Å². The predicted octanol–water partition coefficient (Wildman–Crippen LogP) is 5.66. The zero-order chi connectivity index (χ0) is 28.8. The van der Waals surface area contributed by atoms with Crippen LogP contribution in [0.3, 0.4) is 0 Å². The molecule has 8 nitrogen and oxygen atoms in total. The van der Waals surface area contributed by atoms with Crippen LogP contribution in [0.2, 0.25) is 0 Å². The van der Waals surface area contributed by atoms with E-state index in [2.05, 4.69) is 71.6 Å². The number of sulfonamides is 1. The number of thiocarbonyl (C=S) groups is 1. The first-order valence-electron chi connectivity index (χ1n) is 12.9. The number of rotatable bonds is 7. The van der Waals surface area contributed by atoms with Gasteiger partial charge in [-0.25, -0.2) is 8.42 Å². The highest BCUT2D eigenvalue weighted by atomic mass is 32.2. The van der Waals surface area contributed by atoms with Crippen molar-refractivity contribution in [2.24, 2.45) is 0 Å². The monoisotopic (exact) mass is 575 g/mol. The average Bonchev–Trinajstić information content (AvgIpc) is 3.37. The van der Waals surface area contributed by atoms with Crippen molar-refractivity contribution >= 4 is 38.7 Å². The van der Waals surface area contributed by atoms with Crippen molar-refractivity contribution in [3.8, 4) is 11.4 Å². The second-order valence-electron chi connectivity index (χ2n) is 10.3. The third-order valence-electron chi connectivity index (χ3n) is 7.11. The number of methoxy groups -OCH3 is 1. The molecule has 1 aliphatic heterocycles. The SMILES string of the molecule is COc1ccc(N2C(=S)N[C@@H](c3ccccn3)[C@H]2c2cc(C)n(-c3cc(C)cc(C)c3)c2C)cc1NS(C)(=O)=O. The minimum absolute atomic E-state index is 0.240. The predicted molar refractivity (Wildman–Crippen MR) is 164 cm³/mol. The zero-order valence-electron chi connectivity index (χ0n) is 23.4. The van der Waals surface area contributed by atoms with E-state index in [1.807, 2.05) is 29.2 Å². The lowest BCUT2D eigenvalue weighted by atomic mass is 9.96. The summed E-state index contributed by atoms with van der Waals surface area (Å²) < 4.78 is 34.5. The molecule has 1 saturated heterocycles. The van der Waals surface area contributed by atoms with Gasteiger partial charge < -0.3 is 19.5 Å². The number of hydrogen-bond acceptors (Lipinski definition) is 5. The third-order valence-corrected chi connectivity index (χ3v) is 8.01. The fourth-order valence-corrected chi connectivity index (χ4v) is 6.54. The van der Waals surface area contributed by atoms with E-state index in [4.69, 9.17) is 17.0 Å². The van der Waals surface area contributed by atoms with E-state index in [-0.39, 0.29) is 12.1 Å². The Labute approximate surface area is 241 Å². The molecule has 2 aromatic heterocycles. The van der Waals surface area contributed by atoms with Crippen LogP contribution in [0.1, 0.15) is 45.9 Å². The van der Waals surface area contributed by atoms with Crippen LogP contribution in [-0.4, -0.2) is 36.4 Å². The van der Waals surface area contributed by atoms with Crippen molar-refractivity contribution < 1.29 is 13.2 Å². The number of nitrogens with one attached hydrogen (secondary N) is 2. The normalized spacial score (nSPS) is 17.1. The molecule has 2 aromatic carbocycles. The molecule has 10 heteroatoms. The Hall–Kier alpha value is -3.89. The Morgan fingerprint density at radius 3 is 2.33 bits per heavy atom. The topological polar surface area (TPSA) is 88.5 Å². The number of anilines is 2. The van der Waals surface area contributed by atoms with Gasteiger partial charge in [0.1, 0.15) is 5.75 Å². The summed E-state index contributed by atoms with van der Waals surface area (Å²) in [6.07, 6.45) is 2.89. The van der Waals surface area contributed by atoms with Gasteiger partial charge in [-0.2, -0.15) is 0 Å². The maximum absolute atomic E-state index is 12.1. The van der Waals surface area contributed by atoms with Crippen molar-refractivity contribution in [2.75, 3.05) is 23.0 Å². The second-order valence-corrected chi connectivity index (χ2v) is 12.4. The molecule has 2 atom stereocenters. The molecule has 0 unspecified atom stereocenters. The van der Waals surface area contributed by atoms with Crippen LogP contribution in [-0.2, 0) is 10.0 Å². The van der Waals surface area contributed by atoms with E-state index >= 15 is 0 Å². The largest absolute Gasteiger partial charge is 0.495 e. The molecular weight excluding hydrogens is 542 g/mol. The summed E-state index contributed by atoms with van der Waals surface area (Å²) in [6.45, 7) is 8.45. The Morgan fingerprint density at radius 2 is 1.70 bits per heavy atom. The number of nitrogens with zero attached hydrogens (tertiary/aromatic N) is 3. The van der Waals surface area contributed by atoms with Crippen molar-refractivity contribution in [3.63, 3.8) is 0 Å². The first-order valence-corrected chi connectivity index (χ1v) is 15.2. The van der Waals surface area contributed by atoms with E-state index in [0.717, 1.165) is 40.3 Å². The summed E-state index contributed by atoms with van der Waals surface area (Å²) in [5, 5.41) is 4.01. The molecule has 1 aliphatic rings. The highest BCUT2D eigenvalue weighted by Gasteiger charge is 2.42. The van der Waals surface area contributed by atoms with Crippen LogP contribution in [0, 0.1) is 27.7 Å². The molecule has 0 amide bonds. The zero-order valence-corrected chi connectivity index (χ0v) is 25.0. The van der Waals surface area contributed by atoms with Gasteiger partial charge in [0.2, 0.25) is 10.0 Å². The van der Waals surface area contributed by atoms with Crippen molar-refractivity contribution in [1.29, 1.82) is 0 Å². The van der Waals surface area contributed by atoms with E-state index in [1.54, 1.807) is 18.3 Å². The van der Waals surface area contributed by atoms with Gasteiger partial charge in [-0.15, -0.1) is 0 Å². The summed E-state index contributed by atoms with van der Waals surface area (Å²) in [5.41, 5.74) is 8.71. The van der Waals surface area contributed by atoms with Gasteiger partial charge in [-0.3, -0.25) is 9.71 Å². The number of aromatic nitrogens is 2. The molecule has 1 fully saturated rings. The highest BCUT2D eigenvalue weighted by molar-refractivity contribution is 7.92. The summed E-state index contributed by atoms with van der Waals surface area (Å²) in [7, 11) is -2.03. The highest BCUT2D eigenvalue weighted by Crippen LogP contribution is 2.45. The molecule has 0 radical (unpaired) electrons. The molecule has 208 valence electrons. The number of pyridine rings is 1. The lowest BCUT2D eigenvalue weighted by Crippen LogP contribution is -2.29. The Bertz CT molecular complexity index is 1680. The smallest absolute Gasteiger partial charge is 0.229 e. The fraction of sp³-hybridized carbons (Fsp3) is 0.267. The van der Waals surface area contributed by atoms with Crippen molar-refractivity contribution in [1.82, 2.24) is 14.9 Å². The molecule has 40 heavy (non-hydrogen) atoms. The number of aryl methyl sites for hydroxylation is 3. The Morgan fingerprint density at radius 1 is 0.975 bits per heavy atom. The van der Waals surface area contributed by atoms with Crippen LogP contribution < -0.4 is 19.7 Å². The van der Waals surface area contributed by atoms with Crippen LogP contribution >= 0.6 is 12.2 Å². The van der Waals surface area contributed by atoms with Crippen LogP contribution in [0.15, 0.2) is 66.9 Å². The van der Waals surface area contributed by atoms with Gasteiger partial charge in [0, 0.05) is 29.0 Å². The Kier molecular flexibility index (Phi) is 7.32. The maximum Gasteiger partial charge on any atom is 0.229 e. The fourth-order valence-electron chi connectivity index (χ4n) is 5.64. The molecule has 0 spiro atoms. The maximum atomic E-state index is 12.1. The molecule has 0 aliphatic carbocycles. The first-order chi connectivity index (χ1) is 19.0. The number of benzene rings is 2. The molecule has 3 heterocycles. The lowest BCUT2D eigenvalue weighted by Gasteiger charge is -2.29. The van der Waals surface area contributed by atoms with Crippen LogP contribution in [0.5, 0.6) is 5.75 Å². The van der Waals surface area contributed by atoms with E-state index in [1.165, 1.54) is 18.2 Å². The molecule has 0 bridgehead atoms. The van der Waals surface area contributed by atoms with Gasteiger partial charge in [-0.05, 0) is 105 Å². The molecule has 4 aromatic rings.